The number of hydrogen-bond acceptors (Lipinski definition) is 5. The predicted octanol–water partition coefficient (Wildman–Crippen LogP) is 4.53. The molecule has 0 fully saturated rings. The maximum Gasteiger partial charge on any atom is 0.338 e. The van der Waals surface area contributed by atoms with Gasteiger partial charge >= 0.3 is 5.97 Å². The minimum Gasteiger partial charge on any atom is -0.452 e. The fourth-order valence-corrected chi connectivity index (χ4v) is 3.16. The van der Waals surface area contributed by atoms with Crippen molar-refractivity contribution in [1.82, 2.24) is 4.98 Å². The number of ether oxygens (including phenoxy) is 1. The van der Waals surface area contributed by atoms with Crippen LogP contribution >= 0.6 is 11.3 Å². The molecule has 2 aromatic carbocycles. The Morgan fingerprint density at radius 3 is 2.48 bits per heavy atom. The van der Waals surface area contributed by atoms with Crippen LogP contribution in [0.4, 0.5) is 5.13 Å². The van der Waals surface area contributed by atoms with E-state index in [4.69, 9.17) is 4.74 Å². The number of benzene rings is 2. The molecule has 0 spiro atoms. The van der Waals surface area contributed by atoms with E-state index in [0.29, 0.717) is 10.7 Å². The van der Waals surface area contributed by atoms with Crippen LogP contribution in [0.3, 0.4) is 0 Å². The van der Waals surface area contributed by atoms with Gasteiger partial charge in [0, 0.05) is 10.9 Å². The Kier molecular flexibility index (Phi) is 5.66. The van der Waals surface area contributed by atoms with Crippen molar-refractivity contribution in [2.24, 2.45) is 0 Å². The lowest BCUT2D eigenvalue weighted by Crippen LogP contribution is -2.20. The van der Waals surface area contributed by atoms with Crippen molar-refractivity contribution >= 4 is 28.3 Å². The summed E-state index contributed by atoms with van der Waals surface area (Å²) in [6.45, 7) is 5.56. The molecule has 0 bridgehead atoms. The standard InChI is InChI=1S/C21H20N2O3S/c1-13-4-7-16(8-5-13)18-12-27-21(22-18)23-19(24)11-26-20(25)17-9-6-14(2)15(3)10-17/h4-10,12H,11H2,1-3H3,(H,22,23,24). The Labute approximate surface area is 162 Å². The number of aryl methyl sites for hydroxylation is 3. The van der Waals surface area contributed by atoms with Crippen molar-refractivity contribution in [3.63, 3.8) is 0 Å². The van der Waals surface area contributed by atoms with Crippen LogP contribution in [-0.2, 0) is 9.53 Å². The summed E-state index contributed by atoms with van der Waals surface area (Å²) in [6, 6.07) is 13.3. The smallest absolute Gasteiger partial charge is 0.338 e. The van der Waals surface area contributed by atoms with E-state index < -0.39 is 11.9 Å². The molecule has 0 saturated heterocycles. The quantitative estimate of drug-likeness (QED) is 0.660. The molecule has 138 valence electrons. The molecule has 3 aromatic rings. The number of carbonyl (C=O) groups is 2. The summed E-state index contributed by atoms with van der Waals surface area (Å²) in [5.74, 6) is -0.940. The highest BCUT2D eigenvalue weighted by atomic mass is 32.1. The van der Waals surface area contributed by atoms with Crippen LogP contribution in [0.2, 0.25) is 0 Å². The average molecular weight is 380 g/mol. The fraction of sp³-hybridized carbons (Fsp3) is 0.190. The van der Waals surface area contributed by atoms with Crippen LogP contribution in [0, 0.1) is 20.8 Å². The molecular formula is C21H20N2O3S. The normalized spacial score (nSPS) is 10.5. The molecule has 1 heterocycles. The first-order valence-corrected chi connectivity index (χ1v) is 9.37. The number of amides is 1. The van der Waals surface area contributed by atoms with Gasteiger partial charge in [-0.25, -0.2) is 9.78 Å². The van der Waals surface area contributed by atoms with Gasteiger partial charge in [-0.05, 0) is 44.0 Å². The summed E-state index contributed by atoms with van der Waals surface area (Å²) >= 11 is 1.33. The molecule has 6 heteroatoms. The second kappa shape index (κ2) is 8.14. The number of rotatable bonds is 5. The van der Waals surface area contributed by atoms with Gasteiger partial charge in [0.25, 0.3) is 5.91 Å². The molecule has 0 aliphatic rings. The van der Waals surface area contributed by atoms with Gasteiger partial charge in [0.15, 0.2) is 11.7 Å². The van der Waals surface area contributed by atoms with E-state index in [1.165, 1.54) is 16.9 Å². The number of thiazole rings is 1. The number of aromatic nitrogens is 1. The van der Waals surface area contributed by atoms with Crippen LogP contribution in [0.25, 0.3) is 11.3 Å². The number of nitrogens with zero attached hydrogens (tertiary/aromatic N) is 1. The molecule has 0 aliphatic carbocycles. The first-order chi connectivity index (χ1) is 12.9. The fourth-order valence-electron chi connectivity index (χ4n) is 2.43. The van der Waals surface area contributed by atoms with E-state index in [9.17, 15) is 9.59 Å². The van der Waals surface area contributed by atoms with Crippen molar-refractivity contribution in [3.05, 3.63) is 70.1 Å². The molecule has 5 nitrogen and oxygen atoms in total. The largest absolute Gasteiger partial charge is 0.452 e. The van der Waals surface area contributed by atoms with Crippen molar-refractivity contribution in [2.45, 2.75) is 20.8 Å². The Hall–Kier alpha value is -2.99. The zero-order valence-corrected chi connectivity index (χ0v) is 16.2. The molecule has 1 amide bonds. The van der Waals surface area contributed by atoms with Crippen LogP contribution in [0.5, 0.6) is 0 Å². The Morgan fingerprint density at radius 1 is 1.04 bits per heavy atom. The van der Waals surface area contributed by atoms with E-state index in [1.807, 2.05) is 56.5 Å². The van der Waals surface area contributed by atoms with Gasteiger partial charge in [-0.15, -0.1) is 11.3 Å². The van der Waals surface area contributed by atoms with Crippen LogP contribution in [0.15, 0.2) is 47.8 Å². The third-order valence-corrected chi connectivity index (χ3v) is 4.93. The lowest BCUT2D eigenvalue weighted by Gasteiger charge is -2.06. The van der Waals surface area contributed by atoms with Gasteiger partial charge in [0.2, 0.25) is 0 Å². The third-order valence-electron chi connectivity index (χ3n) is 4.17. The molecular weight excluding hydrogens is 360 g/mol. The predicted molar refractivity (Wildman–Crippen MR) is 107 cm³/mol. The van der Waals surface area contributed by atoms with Crippen molar-refractivity contribution in [1.29, 1.82) is 0 Å². The monoisotopic (exact) mass is 380 g/mol. The average Bonchev–Trinajstić information content (AvgIpc) is 3.11. The lowest BCUT2D eigenvalue weighted by atomic mass is 10.1. The molecule has 0 aliphatic heterocycles. The summed E-state index contributed by atoms with van der Waals surface area (Å²) in [5, 5.41) is 5.01. The minimum atomic E-state index is -0.521. The number of anilines is 1. The molecule has 27 heavy (non-hydrogen) atoms. The van der Waals surface area contributed by atoms with Crippen LogP contribution in [0.1, 0.15) is 27.0 Å². The summed E-state index contributed by atoms with van der Waals surface area (Å²) < 4.78 is 5.09. The second-order valence-corrected chi connectivity index (χ2v) is 7.19. The van der Waals surface area contributed by atoms with Crippen molar-refractivity contribution in [2.75, 3.05) is 11.9 Å². The Balaban J connectivity index is 1.55. The molecule has 0 saturated carbocycles. The highest BCUT2D eigenvalue weighted by Gasteiger charge is 2.13. The number of carbonyl (C=O) groups excluding carboxylic acids is 2. The summed E-state index contributed by atoms with van der Waals surface area (Å²) in [4.78, 5) is 28.5. The van der Waals surface area contributed by atoms with Gasteiger partial charge in [0.05, 0.1) is 11.3 Å². The first kappa shape index (κ1) is 18.8. The molecule has 0 radical (unpaired) electrons. The van der Waals surface area contributed by atoms with Crippen molar-refractivity contribution in [3.8, 4) is 11.3 Å². The Bertz CT molecular complexity index is 977. The molecule has 0 atom stereocenters. The number of nitrogens with one attached hydrogen (secondary N) is 1. The summed E-state index contributed by atoms with van der Waals surface area (Å²) in [6.07, 6.45) is 0. The van der Waals surface area contributed by atoms with Gasteiger partial charge in [0.1, 0.15) is 0 Å². The van der Waals surface area contributed by atoms with E-state index in [0.717, 1.165) is 22.4 Å². The highest BCUT2D eigenvalue weighted by molar-refractivity contribution is 7.14. The highest BCUT2D eigenvalue weighted by Crippen LogP contribution is 2.25. The minimum absolute atomic E-state index is 0.356. The van der Waals surface area contributed by atoms with Crippen LogP contribution < -0.4 is 5.32 Å². The van der Waals surface area contributed by atoms with E-state index >= 15 is 0 Å². The molecule has 3 rings (SSSR count). The van der Waals surface area contributed by atoms with Gasteiger partial charge < -0.3 is 4.74 Å². The zero-order valence-electron chi connectivity index (χ0n) is 15.4. The van der Waals surface area contributed by atoms with Crippen molar-refractivity contribution < 1.29 is 14.3 Å². The van der Waals surface area contributed by atoms with E-state index in [-0.39, 0.29) is 6.61 Å². The summed E-state index contributed by atoms with van der Waals surface area (Å²) in [7, 11) is 0. The zero-order chi connectivity index (χ0) is 19.4. The first-order valence-electron chi connectivity index (χ1n) is 8.49. The van der Waals surface area contributed by atoms with E-state index in [2.05, 4.69) is 10.3 Å². The Morgan fingerprint density at radius 2 is 1.78 bits per heavy atom. The second-order valence-electron chi connectivity index (χ2n) is 6.33. The molecule has 1 N–H and O–H groups in total. The number of esters is 1. The van der Waals surface area contributed by atoms with Gasteiger partial charge in [-0.1, -0.05) is 35.9 Å². The molecule has 0 unspecified atom stereocenters. The topological polar surface area (TPSA) is 68.3 Å². The maximum atomic E-state index is 12.1. The van der Waals surface area contributed by atoms with Gasteiger partial charge in [-0.3, -0.25) is 10.1 Å². The lowest BCUT2D eigenvalue weighted by molar-refractivity contribution is -0.119. The maximum absolute atomic E-state index is 12.1. The molecule has 1 aromatic heterocycles. The SMILES string of the molecule is Cc1ccc(-c2csc(NC(=O)COC(=O)c3ccc(C)c(C)c3)n2)cc1. The van der Waals surface area contributed by atoms with Crippen LogP contribution in [-0.4, -0.2) is 23.5 Å². The van der Waals surface area contributed by atoms with E-state index in [1.54, 1.807) is 12.1 Å². The number of hydrogen-bond donors (Lipinski definition) is 1. The third kappa shape index (κ3) is 4.80. The summed E-state index contributed by atoms with van der Waals surface area (Å²) in [5.41, 5.74) is 5.48. The van der Waals surface area contributed by atoms with Gasteiger partial charge in [-0.2, -0.15) is 0 Å².